The number of hydrogen-bond donors (Lipinski definition) is 1. The fourth-order valence-electron chi connectivity index (χ4n) is 1.57. The number of thiazole rings is 1. The molecule has 1 aromatic rings. The summed E-state index contributed by atoms with van der Waals surface area (Å²) in [6.45, 7) is 8.54. The lowest BCUT2D eigenvalue weighted by Crippen LogP contribution is -2.21. The van der Waals surface area contributed by atoms with Crippen LogP contribution in [0.15, 0.2) is 0 Å². The minimum atomic E-state index is 0.523. The van der Waals surface area contributed by atoms with Crippen LogP contribution in [0.2, 0.25) is 0 Å². The Hall–Kier alpha value is -0.260. The number of nitrogens with one attached hydrogen (secondary N) is 1. The molecule has 0 aliphatic rings. The van der Waals surface area contributed by atoms with Gasteiger partial charge in [0.1, 0.15) is 0 Å². The predicted molar refractivity (Wildman–Crippen MR) is 85.1 cm³/mol. The van der Waals surface area contributed by atoms with E-state index in [1.165, 1.54) is 10.6 Å². The summed E-state index contributed by atoms with van der Waals surface area (Å²) in [6.07, 6.45) is 3.16. The lowest BCUT2D eigenvalue weighted by molar-refractivity contribution is 0.590. The van der Waals surface area contributed by atoms with Crippen LogP contribution in [-0.2, 0) is 13.0 Å². The van der Waals surface area contributed by atoms with Crippen molar-refractivity contribution in [2.45, 2.75) is 39.8 Å². The number of thioether (sulfide) groups is 1. The number of rotatable bonds is 8. The van der Waals surface area contributed by atoms with E-state index in [0.717, 1.165) is 30.4 Å². The molecular formula is C13H25N3S2. The van der Waals surface area contributed by atoms with Gasteiger partial charge in [-0.3, -0.25) is 0 Å². The van der Waals surface area contributed by atoms with Crippen molar-refractivity contribution in [3.05, 3.63) is 10.6 Å². The molecule has 0 amide bonds. The fourth-order valence-corrected chi connectivity index (χ4v) is 3.11. The summed E-state index contributed by atoms with van der Waals surface area (Å²) in [6, 6.07) is 0.523. The van der Waals surface area contributed by atoms with Crippen molar-refractivity contribution in [3.63, 3.8) is 0 Å². The molecule has 0 fully saturated rings. The van der Waals surface area contributed by atoms with Gasteiger partial charge in [-0.2, -0.15) is 11.8 Å². The Labute approximate surface area is 119 Å². The van der Waals surface area contributed by atoms with Crippen molar-refractivity contribution in [1.29, 1.82) is 0 Å². The van der Waals surface area contributed by atoms with Crippen LogP contribution in [0.4, 0.5) is 5.13 Å². The van der Waals surface area contributed by atoms with Gasteiger partial charge >= 0.3 is 0 Å². The highest BCUT2D eigenvalue weighted by Crippen LogP contribution is 2.26. The molecule has 18 heavy (non-hydrogen) atoms. The molecule has 0 bridgehead atoms. The Morgan fingerprint density at radius 3 is 2.72 bits per heavy atom. The average molecular weight is 287 g/mol. The highest BCUT2D eigenvalue weighted by Gasteiger charge is 2.12. The van der Waals surface area contributed by atoms with Crippen LogP contribution < -0.4 is 10.2 Å². The van der Waals surface area contributed by atoms with Crippen LogP contribution in [0.1, 0.15) is 31.3 Å². The zero-order valence-electron chi connectivity index (χ0n) is 12.1. The van der Waals surface area contributed by atoms with Gasteiger partial charge in [0.05, 0.1) is 5.69 Å². The molecule has 0 atom stereocenters. The topological polar surface area (TPSA) is 28.2 Å². The standard InChI is InChI=1S/C13H25N3S2/c1-6-11-12(9-14-10(2)3)18-13(15-11)16(4)7-8-17-5/h10,14H,6-9H2,1-5H3. The molecule has 0 aliphatic carbocycles. The Morgan fingerprint density at radius 2 is 2.17 bits per heavy atom. The quantitative estimate of drug-likeness (QED) is 0.795. The molecule has 0 saturated carbocycles. The first-order valence-corrected chi connectivity index (χ1v) is 8.71. The largest absolute Gasteiger partial charge is 0.350 e. The maximum Gasteiger partial charge on any atom is 0.185 e. The summed E-state index contributed by atoms with van der Waals surface area (Å²) < 4.78 is 0. The molecule has 1 heterocycles. The molecule has 3 nitrogen and oxygen atoms in total. The second-order valence-electron chi connectivity index (χ2n) is 4.67. The van der Waals surface area contributed by atoms with E-state index in [4.69, 9.17) is 4.98 Å². The van der Waals surface area contributed by atoms with E-state index in [0.29, 0.717) is 6.04 Å². The van der Waals surface area contributed by atoms with E-state index in [-0.39, 0.29) is 0 Å². The summed E-state index contributed by atoms with van der Waals surface area (Å²) in [7, 11) is 2.13. The maximum atomic E-state index is 4.75. The number of aromatic nitrogens is 1. The number of hydrogen-bond acceptors (Lipinski definition) is 5. The molecule has 0 saturated heterocycles. The monoisotopic (exact) mass is 287 g/mol. The van der Waals surface area contributed by atoms with Crippen LogP contribution in [0.3, 0.4) is 0 Å². The van der Waals surface area contributed by atoms with Crippen molar-refractivity contribution < 1.29 is 0 Å². The van der Waals surface area contributed by atoms with Gasteiger partial charge in [0.15, 0.2) is 5.13 Å². The molecule has 5 heteroatoms. The van der Waals surface area contributed by atoms with Crippen molar-refractivity contribution >= 4 is 28.2 Å². The summed E-state index contributed by atoms with van der Waals surface area (Å²) in [5.41, 5.74) is 1.25. The van der Waals surface area contributed by atoms with Gasteiger partial charge in [-0.1, -0.05) is 20.8 Å². The van der Waals surface area contributed by atoms with Gasteiger partial charge in [0, 0.05) is 36.8 Å². The molecule has 0 aromatic carbocycles. The second kappa shape index (κ2) is 8.02. The van der Waals surface area contributed by atoms with E-state index < -0.39 is 0 Å². The third kappa shape index (κ3) is 4.78. The zero-order valence-corrected chi connectivity index (χ0v) is 13.7. The molecule has 1 rings (SSSR count). The average Bonchev–Trinajstić information content (AvgIpc) is 2.76. The summed E-state index contributed by atoms with van der Waals surface area (Å²) in [5.74, 6) is 1.15. The lowest BCUT2D eigenvalue weighted by atomic mass is 10.3. The van der Waals surface area contributed by atoms with Gasteiger partial charge in [-0.15, -0.1) is 11.3 Å². The minimum absolute atomic E-state index is 0.523. The summed E-state index contributed by atoms with van der Waals surface area (Å²) in [4.78, 5) is 8.40. The molecule has 0 unspecified atom stereocenters. The van der Waals surface area contributed by atoms with Crippen molar-refractivity contribution in [2.24, 2.45) is 0 Å². The van der Waals surface area contributed by atoms with Crippen molar-refractivity contribution in [3.8, 4) is 0 Å². The normalized spacial score (nSPS) is 11.2. The third-order valence-corrected chi connectivity index (χ3v) is 4.53. The number of anilines is 1. The number of nitrogens with zero attached hydrogens (tertiary/aromatic N) is 2. The van der Waals surface area contributed by atoms with Gasteiger partial charge in [0.25, 0.3) is 0 Å². The SMILES string of the molecule is CCc1nc(N(C)CCSC)sc1CNC(C)C. The molecule has 0 radical (unpaired) electrons. The van der Waals surface area contributed by atoms with Gasteiger partial charge < -0.3 is 10.2 Å². The maximum absolute atomic E-state index is 4.75. The first-order chi connectivity index (χ1) is 8.58. The second-order valence-corrected chi connectivity index (χ2v) is 6.72. The Bertz CT molecular complexity index is 350. The molecule has 104 valence electrons. The summed E-state index contributed by atoms with van der Waals surface area (Å²) >= 11 is 3.71. The minimum Gasteiger partial charge on any atom is -0.350 e. The molecule has 1 aromatic heterocycles. The molecular weight excluding hydrogens is 262 g/mol. The van der Waals surface area contributed by atoms with E-state index in [2.05, 4.69) is 44.3 Å². The zero-order chi connectivity index (χ0) is 13.5. The van der Waals surface area contributed by atoms with Crippen LogP contribution >= 0.6 is 23.1 Å². The Morgan fingerprint density at radius 1 is 1.44 bits per heavy atom. The Kier molecular flexibility index (Phi) is 7.04. The third-order valence-electron chi connectivity index (χ3n) is 2.73. The van der Waals surface area contributed by atoms with Gasteiger partial charge in [0.2, 0.25) is 0 Å². The van der Waals surface area contributed by atoms with Crippen LogP contribution in [-0.4, -0.2) is 36.6 Å². The number of aryl methyl sites for hydroxylation is 1. The first-order valence-electron chi connectivity index (χ1n) is 6.50. The van der Waals surface area contributed by atoms with Crippen molar-refractivity contribution in [1.82, 2.24) is 10.3 Å². The van der Waals surface area contributed by atoms with Gasteiger partial charge in [-0.05, 0) is 12.7 Å². The van der Waals surface area contributed by atoms with E-state index in [1.54, 1.807) is 0 Å². The lowest BCUT2D eigenvalue weighted by Gasteiger charge is -2.14. The van der Waals surface area contributed by atoms with E-state index in [1.807, 2.05) is 23.1 Å². The smallest absolute Gasteiger partial charge is 0.185 e. The van der Waals surface area contributed by atoms with Crippen LogP contribution in [0, 0.1) is 0 Å². The fraction of sp³-hybridized carbons (Fsp3) is 0.769. The molecule has 0 aliphatic heterocycles. The Balaban J connectivity index is 2.70. The molecule has 0 spiro atoms. The van der Waals surface area contributed by atoms with Crippen molar-refractivity contribution in [2.75, 3.05) is 30.5 Å². The van der Waals surface area contributed by atoms with Gasteiger partial charge in [-0.25, -0.2) is 4.98 Å². The van der Waals surface area contributed by atoms with Crippen LogP contribution in [0.5, 0.6) is 0 Å². The highest BCUT2D eigenvalue weighted by molar-refractivity contribution is 7.98. The van der Waals surface area contributed by atoms with E-state index >= 15 is 0 Å². The molecule has 1 N–H and O–H groups in total. The first kappa shape index (κ1) is 15.8. The van der Waals surface area contributed by atoms with E-state index in [9.17, 15) is 0 Å². The van der Waals surface area contributed by atoms with Crippen LogP contribution in [0.25, 0.3) is 0 Å². The summed E-state index contributed by atoms with van der Waals surface area (Å²) in [5, 5.41) is 4.63. The predicted octanol–water partition coefficient (Wildman–Crippen LogP) is 3.00. The highest BCUT2D eigenvalue weighted by atomic mass is 32.2.